The minimum atomic E-state index is -0.677. The molecule has 7 heteroatoms. The molecule has 0 bridgehead atoms. The average molecular weight is 467 g/mol. The van der Waals surface area contributed by atoms with Gasteiger partial charge in [0.1, 0.15) is 17.3 Å². The number of carbonyl (C=O) groups is 2. The summed E-state index contributed by atoms with van der Waals surface area (Å²) < 4.78 is 11.0. The normalized spacial score (nSPS) is 17.6. The highest BCUT2D eigenvalue weighted by Gasteiger charge is 2.45. The van der Waals surface area contributed by atoms with E-state index >= 15 is 0 Å². The third kappa shape index (κ3) is 5.78. The highest BCUT2D eigenvalue weighted by Crippen LogP contribution is 2.40. The molecule has 1 saturated heterocycles. The summed E-state index contributed by atoms with van der Waals surface area (Å²) in [7, 11) is 5.50. The number of nitrogens with zero attached hydrogens (tertiary/aromatic N) is 2. The molecule has 7 nitrogen and oxygen atoms in total. The second-order valence-corrected chi connectivity index (χ2v) is 9.15. The molecule has 0 aliphatic carbocycles. The molecule has 2 aromatic carbocycles. The molecule has 0 aromatic heterocycles. The predicted octanol–water partition coefficient (Wildman–Crippen LogP) is 4.10. The second-order valence-electron chi connectivity index (χ2n) is 9.15. The summed E-state index contributed by atoms with van der Waals surface area (Å²) >= 11 is 0. The average Bonchev–Trinajstić information content (AvgIpc) is 3.07. The first kappa shape index (κ1) is 25.3. The molecule has 1 aliphatic rings. The number of amides is 1. The van der Waals surface area contributed by atoms with Crippen LogP contribution in [0.1, 0.15) is 37.4 Å². The molecule has 1 N–H and O–H groups in total. The van der Waals surface area contributed by atoms with Crippen molar-refractivity contribution in [1.82, 2.24) is 9.80 Å². The largest absolute Gasteiger partial charge is 0.507 e. The number of Topliss-reactive ketones (excluding diaryl/α,β-unsaturated/α-hetero) is 1. The SMILES string of the molecule is COc1ccc(C2/C(=C(/O)c3ccc(OCC(C)C)cc3)C(=O)C(=O)N2CCCN(C)C)cc1. The Hall–Kier alpha value is -3.32. The fourth-order valence-electron chi connectivity index (χ4n) is 3.93. The zero-order valence-electron chi connectivity index (χ0n) is 20.6. The molecular formula is C27H34N2O5. The van der Waals surface area contributed by atoms with E-state index in [2.05, 4.69) is 13.8 Å². The van der Waals surface area contributed by atoms with Crippen LogP contribution in [0.3, 0.4) is 0 Å². The maximum atomic E-state index is 13.1. The van der Waals surface area contributed by atoms with Crippen molar-refractivity contribution in [2.75, 3.05) is 40.9 Å². The number of likely N-dealkylation sites (tertiary alicyclic amines) is 1. The standard InChI is InChI=1S/C27H34N2O5/c1-18(2)17-34-22-13-9-20(10-14-22)25(30)23-24(19-7-11-21(33-5)12-8-19)29(27(32)26(23)31)16-6-15-28(3)4/h7-14,18,24,30H,6,15-17H2,1-5H3/b25-23-. The van der Waals surface area contributed by atoms with Gasteiger partial charge in [-0.05, 0) is 74.9 Å². The number of rotatable bonds is 10. The monoisotopic (exact) mass is 466 g/mol. The van der Waals surface area contributed by atoms with Gasteiger partial charge in [-0.3, -0.25) is 9.59 Å². The molecule has 0 spiro atoms. The number of carbonyl (C=O) groups excluding carboxylic acids is 2. The first-order chi connectivity index (χ1) is 16.2. The van der Waals surface area contributed by atoms with E-state index in [0.717, 1.165) is 12.1 Å². The lowest BCUT2D eigenvalue weighted by Crippen LogP contribution is -2.32. The molecule has 1 amide bonds. The summed E-state index contributed by atoms with van der Waals surface area (Å²) in [5.74, 6) is 0.276. The molecule has 182 valence electrons. The Balaban J connectivity index is 1.99. The van der Waals surface area contributed by atoms with Gasteiger partial charge >= 0.3 is 0 Å². The van der Waals surface area contributed by atoms with Gasteiger partial charge in [0, 0.05) is 12.1 Å². The first-order valence-electron chi connectivity index (χ1n) is 11.5. The van der Waals surface area contributed by atoms with Gasteiger partial charge in [-0.25, -0.2) is 0 Å². The van der Waals surface area contributed by atoms with Crippen molar-refractivity contribution in [3.63, 3.8) is 0 Å². The fraction of sp³-hybridized carbons (Fsp3) is 0.407. The van der Waals surface area contributed by atoms with Crippen molar-refractivity contribution in [2.45, 2.75) is 26.3 Å². The van der Waals surface area contributed by atoms with Crippen LogP contribution in [-0.4, -0.2) is 67.5 Å². The van der Waals surface area contributed by atoms with Gasteiger partial charge in [0.2, 0.25) is 0 Å². The summed E-state index contributed by atoms with van der Waals surface area (Å²) in [6, 6.07) is 13.5. The molecule has 2 aromatic rings. The first-order valence-corrected chi connectivity index (χ1v) is 11.5. The van der Waals surface area contributed by atoms with Crippen molar-refractivity contribution < 1.29 is 24.2 Å². The quantitative estimate of drug-likeness (QED) is 0.323. The Labute approximate surface area is 201 Å². The van der Waals surface area contributed by atoms with Gasteiger partial charge in [0.05, 0.1) is 25.3 Å². The van der Waals surface area contributed by atoms with Gasteiger partial charge in [-0.15, -0.1) is 0 Å². The third-order valence-electron chi connectivity index (χ3n) is 5.69. The van der Waals surface area contributed by atoms with Crippen molar-refractivity contribution >= 4 is 17.4 Å². The van der Waals surface area contributed by atoms with Gasteiger partial charge in [0.25, 0.3) is 11.7 Å². The van der Waals surface area contributed by atoms with E-state index in [1.165, 1.54) is 0 Å². The summed E-state index contributed by atoms with van der Waals surface area (Å²) in [5, 5.41) is 11.2. The van der Waals surface area contributed by atoms with Crippen LogP contribution in [0, 0.1) is 5.92 Å². The zero-order chi connectivity index (χ0) is 24.8. The number of ether oxygens (including phenoxy) is 2. The third-order valence-corrected chi connectivity index (χ3v) is 5.69. The van der Waals surface area contributed by atoms with Gasteiger partial charge in [-0.1, -0.05) is 26.0 Å². The number of methoxy groups -OCH3 is 1. The maximum absolute atomic E-state index is 13.1. The van der Waals surface area contributed by atoms with Crippen LogP contribution in [0.15, 0.2) is 54.1 Å². The number of ketones is 1. The van der Waals surface area contributed by atoms with E-state index in [0.29, 0.717) is 42.6 Å². The van der Waals surface area contributed by atoms with Crippen LogP contribution in [0.5, 0.6) is 11.5 Å². The highest BCUT2D eigenvalue weighted by atomic mass is 16.5. The van der Waals surface area contributed by atoms with E-state index in [4.69, 9.17) is 9.47 Å². The van der Waals surface area contributed by atoms with Crippen LogP contribution >= 0.6 is 0 Å². The zero-order valence-corrected chi connectivity index (χ0v) is 20.6. The van der Waals surface area contributed by atoms with Crippen LogP contribution in [0.2, 0.25) is 0 Å². The number of aliphatic hydroxyl groups is 1. The van der Waals surface area contributed by atoms with Crippen molar-refractivity contribution in [1.29, 1.82) is 0 Å². The highest BCUT2D eigenvalue weighted by molar-refractivity contribution is 6.46. The second kappa shape index (κ2) is 11.2. The molecule has 3 rings (SSSR count). The molecule has 0 saturated carbocycles. The van der Waals surface area contributed by atoms with Crippen LogP contribution in [0.25, 0.3) is 5.76 Å². The Bertz CT molecular complexity index is 1030. The van der Waals surface area contributed by atoms with E-state index in [1.54, 1.807) is 48.4 Å². The van der Waals surface area contributed by atoms with Gasteiger partial charge < -0.3 is 24.4 Å². The number of hydrogen-bond donors (Lipinski definition) is 1. The minimum Gasteiger partial charge on any atom is -0.507 e. The summed E-state index contributed by atoms with van der Waals surface area (Å²) in [5.41, 5.74) is 1.29. The number of hydrogen-bond acceptors (Lipinski definition) is 6. The lowest BCUT2D eigenvalue weighted by atomic mass is 9.95. The molecule has 1 aliphatic heterocycles. The molecule has 1 fully saturated rings. The van der Waals surface area contributed by atoms with Crippen molar-refractivity contribution in [3.05, 3.63) is 65.2 Å². The Morgan fingerprint density at radius 2 is 1.65 bits per heavy atom. The lowest BCUT2D eigenvalue weighted by molar-refractivity contribution is -0.139. The van der Waals surface area contributed by atoms with E-state index in [-0.39, 0.29) is 11.3 Å². The molecule has 1 atom stereocenters. The molecule has 0 radical (unpaired) electrons. The molecule has 1 heterocycles. The van der Waals surface area contributed by atoms with Crippen LogP contribution in [0.4, 0.5) is 0 Å². The minimum absolute atomic E-state index is 0.0934. The van der Waals surface area contributed by atoms with E-state index < -0.39 is 17.7 Å². The topological polar surface area (TPSA) is 79.3 Å². The van der Waals surface area contributed by atoms with E-state index in [1.807, 2.05) is 31.1 Å². The van der Waals surface area contributed by atoms with Crippen molar-refractivity contribution in [2.24, 2.45) is 5.92 Å². The summed E-state index contributed by atoms with van der Waals surface area (Å²) in [4.78, 5) is 29.7. The maximum Gasteiger partial charge on any atom is 0.295 e. The number of benzene rings is 2. The molecular weight excluding hydrogens is 432 g/mol. The van der Waals surface area contributed by atoms with Crippen LogP contribution < -0.4 is 9.47 Å². The summed E-state index contributed by atoms with van der Waals surface area (Å²) in [6.07, 6.45) is 0.703. The number of aliphatic hydroxyl groups excluding tert-OH is 1. The van der Waals surface area contributed by atoms with Gasteiger partial charge in [-0.2, -0.15) is 0 Å². The van der Waals surface area contributed by atoms with E-state index in [9.17, 15) is 14.7 Å². The predicted molar refractivity (Wildman–Crippen MR) is 132 cm³/mol. The Kier molecular flexibility index (Phi) is 8.34. The molecule has 1 unspecified atom stereocenters. The summed E-state index contributed by atoms with van der Waals surface area (Å²) in [6.45, 7) is 5.89. The van der Waals surface area contributed by atoms with Gasteiger partial charge in [0.15, 0.2) is 0 Å². The van der Waals surface area contributed by atoms with Crippen molar-refractivity contribution in [3.8, 4) is 11.5 Å². The molecule has 34 heavy (non-hydrogen) atoms. The Morgan fingerprint density at radius 1 is 1.03 bits per heavy atom. The lowest BCUT2D eigenvalue weighted by Gasteiger charge is -2.26. The fourth-order valence-corrected chi connectivity index (χ4v) is 3.93. The smallest absolute Gasteiger partial charge is 0.295 e. The van der Waals surface area contributed by atoms with Crippen LogP contribution in [-0.2, 0) is 9.59 Å². The Morgan fingerprint density at radius 3 is 2.21 bits per heavy atom.